The van der Waals surface area contributed by atoms with Crippen LogP contribution >= 0.6 is 7.82 Å². The van der Waals surface area contributed by atoms with E-state index >= 15 is 0 Å². The fourth-order valence-electron chi connectivity index (χ4n) is 5.01. The van der Waals surface area contributed by atoms with E-state index in [-0.39, 0.29) is 19.4 Å². The van der Waals surface area contributed by atoms with Gasteiger partial charge in [-0.25, -0.2) is 4.57 Å². The molecule has 302 valence electrons. The molecule has 0 aromatic rings. The molecular formula is C43H71O9P. The Kier molecular flexibility index (Phi) is 35.5. The van der Waals surface area contributed by atoms with Gasteiger partial charge in [0.2, 0.25) is 0 Å². The summed E-state index contributed by atoms with van der Waals surface area (Å²) in [7, 11) is -4.78. The van der Waals surface area contributed by atoms with Gasteiger partial charge in [-0.05, 0) is 70.6 Å². The van der Waals surface area contributed by atoms with Crippen LogP contribution in [-0.2, 0) is 28.2 Å². The highest BCUT2D eigenvalue weighted by Crippen LogP contribution is 2.36. The molecule has 3 N–H and O–H groups in total. The van der Waals surface area contributed by atoms with Gasteiger partial charge in [0, 0.05) is 12.8 Å². The predicted molar refractivity (Wildman–Crippen MR) is 217 cm³/mol. The number of ether oxygens (including phenoxy) is 2. The largest absolute Gasteiger partial charge is 0.469 e. The normalized spacial score (nSPS) is 14.0. The second-order valence-electron chi connectivity index (χ2n) is 13.1. The van der Waals surface area contributed by atoms with Crippen molar-refractivity contribution in [3.63, 3.8) is 0 Å². The molecule has 53 heavy (non-hydrogen) atoms. The molecular weight excluding hydrogens is 691 g/mol. The Labute approximate surface area is 321 Å². The first kappa shape index (κ1) is 50.2. The molecule has 0 radical (unpaired) electrons. The Morgan fingerprint density at radius 3 is 1.79 bits per heavy atom. The first-order chi connectivity index (χ1) is 25.7. The molecule has 0 aliphatic heterocycles. The van der Waals surface area contributed by atoms with E-state index in [1.54, 1.807) is 6.08 Å². The molecule has 10 heteroatoms. The number of phosphoric acid groups is 1. The molecule has 0 amide bonds. The van der Waals surface area contributed by atoms with Crippen molar-refractivity contribution < 1.29 is 43.0 Å². The fourth-order valence-corrected chi connectivity index (χ4v) is 5.37. The van der Waals surface area contributed by atoms with Gasteiger partial charge in [0.05, 0.1) is 12.7 Å². The lowest BCUT2D eigenvalue weighted by molar-refractivity contribution is -0.161. The van der Waals surface area contributed by atoms with E-state index in [9.17, 15) is 19.3 Å². The Balaban J connectivity index is 4.15. The van der Waals surface area contributed by atoms with Crippen molar-refractivity contribution in [1.82, 2.24) is 0 Å². The highest BCUT2D eigenvalue weighted by atomic mass is 31.2. The Morgan fingerprint density at radius 2 is 1.17 bits per heavy atom. The quantitative estimate of drug-likeness (QED) is 0.0189. The van der Waals surface area contributed by atoms with E-state index < -0.39 is 38.6 Å². The summed E-state index contributed by atoms with van der Waals surface area (Å²) >= 11 is 0. The van der Waals surface area contributed by atoms with E-state index in [1.165, 1.54) is 38.5 Å². The van der Waals surface area contributed by atoms with Crippen LogP contribution in [0.1, 0.15) is 149 Å². The summed E-state index contributed by atoms with van der Waals surface area (Å²) in [6.07, 6.45) is 46.4. The van der Waals surface area contributed by atoms with Gasteiger partial charge in [0.25, 0.3) is 0 Å². The zero-order valence-electron chi connectivity index (χ0n) is 32.7. The minimum Gasteiger partial charge on any atom is -0.462 e. The van der Waals surface area contributed by atoms with Gasteiger partial charge < -0.3 is 24.4 Å². The van der Waals surface area contributed by atoms with Gasteiger partial charge >= 0.3 is 19.8 Å². The molecule has 1 unspecified atom stereocenters. The van der Waals surface area contributed by atoms with Crippen molar-refractivity contribution in [2.75, 3.05) is 13.2 Å². The molecule has 0 saturated carbocycles. The van der Waals surface area contributed by atoms with Crippen LogP contribution in [0.4, 0.5) is 0 Å². The Hall–Kier alpha value is -2.81. The summed E-state index contributed by atoms with van der Waals surface area (Å²) < 4.78 is 26.2. The van der Waals surface area contributed by atoms with Crippen molar-refractivity contribution in [1.29, 1.82) is 0 Å². The van der Waals surface area contributed by atoms with Gasteiger partial charge in [-0.15, -0.1) is 0 Å². The maximum Gasteiger partial charge on any atom is 0.469 e. The highest BCUT2D eigenvalue weighted by Gasteiger charge is 2.22. The van der Waals surface area contributed by atoms with Crippen molar-refractivity contribution in [3.8, 4) is 0 Å². The second kappa shape index (κ2) is 37.5. The van der Waals surface area contributed by atoms with E-state index in [4.69, 9.17) is 19.3 Å². The van der Waals surface area contributed by atoms with E-state index in [0.29, 0.717) is 19.3 Å². The van der Waals surface area contributed by atoms with Gasteiger partial charge in [0.15, 0.2) is 6.10 Å². The number of carbonyl (C=O) groups is 2. The van der Waals surface area contributed by atoms with Crippen LogP contribution in [0.5, 0.6) is 0 Å². The lowest BCUT2D eigenvalue weighted by Crippen LogP contribution is -2.29. The smallest absolute Gasteiger partial charge is 0.462 e. The number of esters is 2. The van der Waals surface area contributed by atoms with Gasteiger partial charge in [-0.1, -0.05) is 150 Å². The molecule has 0 aliphatic rings. The third-order valence-electron chi connectivity index (χ3n) is 7.99. The van der Waals surface area contributed by atoms with Crippen LogP contribution in [-0.4, -0.2) is 52.3 Å². The van der Waals surface area contributed by atoms with Crippen molar-refractivity contribution in [3.05, 3.63) is 85.1 Å². The van der Waals surface area contributed by atoms with Crippen LogP contribution in [0.25, 0.3) is 0 Å². The lowest BCUT2D eigenvalue weighted by atomic mass is 10.1. The number of carbonyl (C=O) groups excluding carboxylic acids is 2. The number of unbranched alkanes of at least 4 members (excludes halogenated alkanes) is 11. The molecule has 0 saturated heterocycles. The number of allylic oxidation sites excluding steroid dienone is 12. The first-order valence-electron chi connectivity index (χ1n) is 20.0. The van der Waals surface area contributed by atoms with Gasteiger partial charge in [-0.2, -0.15) is 0 Å². The number of rotatable bonds is 35. The van der Waals surface area contributed by atoms with Crippen LogP contribution in [0.15, 0.2) is 85.1 Å². The molecule has 0 fully saturated rings. The summed E-state index contributed by atoms with van der Waals surface area (Å²) in [6, 6.07) is 0. The maximum absolute atomic E-state index is 12.4. The van der Waals surface area contributed by atoms with Crippen LogP contribution < -0.4 is 0 Å². The fraction of sp³-hybridized carbons (Fsp3) is 0.628. The van der Waals surface area contributed by atoms with Crippen molar-refractivity contribution in [2.24, 2.45) is 0 Å². The zero-order valence-corrected chi connectivity index (χ0v) is 33.6. The molecule has 0 aliphatic carbocycles. The average molecular weight is 763 g/mol. The Bertz CT molecular complexity index is 1150. The third kappa shape index (κ3) is 40.2. The van der Waals surface area contributed by atoms with Crippen LogP contribution in [0.3, 0.4) is 0 Å². The summed E-state index contributed by atoms with van der Waals surface area (Å²) in [6.45, 7) is 3.38. The summed E-state index contributed by atoms with van der Waals surface area (Å²) in [4.78, 5) is 42.7. The number of hydrogen-bond acceptors (Lipinski definition) is 7. The number of aliphatic hydroxyl groups excluding tert-OH is 1. The minimum absolute atomic E-state index is 0.120. The number of aliphatic hydroxyl groups is 1. The molecule has 0 bridgehead atoms. The molecule has 0 heterocycles. The van der Waals surface area contributed by atoms with E-state index in [2.05, 4.69) is 48.8 Å². The minimum atomic E-state index is -4.78. The Morgan fingerprint density at radius 1 is 0.604 bits per heavy atom. The first-order valence-corrected chi connectivity index (χ1v) is 21.5. The molecule has 0 rings (SSSR count). The summed E-state index contributed by atoms with van der Waals surface area (Å²) in [5, 5.41) is 9.81. The highest BCUT2D eigenvalue weighted by molar-refractivity contribution is 7.46. The average Bonchev–Trinajstić information content (AvgIpc) is 3.12. The maximum atomic E-state index is 12.4. The second-order valence-corrected chi connectivity index (χ2v) is 14.3. The van der Waals surface area contributed by atoms with Crippen molar-refractivity contribution >= 4 is 19.8 Å². The standard InChI is InChI=1S/C43H71O9P/c1-3-5-7-8-9-10-11-12-13-16-20-23-26-29-33-37-43(46)52-41(39-51-53(47,48)49)38-50-42(45)36-32-28-25-22-19-17-14-15-18-21-24-27-31-35-40(44)34-30-6-4-2/h6,12-13,15,17-19,24-25,27-28,30-31,35,40-41,44H,3-5,7-11,14,16,20-23,26,29,32-34,36-39H2,1-2H3,(H2,47,48,49)/b13-12-,18-15-,19-17-,27-24+,28-25-,30-6-,35-31+/t40?,41-/m1/s1. The van der Waals surface area contributed by atoms with E-state index in [1.807, 2.05) is 48.6 Å². The zero-order chi connectivity index (χ0) is 39.1. The van der Waals surface area contributed by atoms with Gasteiger partial charge in [-0.3, -0.25) is 14.1 Å². The third-order valence-corrected chi connectivity index (χ3v) is 8.48. The van der Waals surface area contributed by atoms with Crippen LogP contribution in [0.2, 0.25) is 0 Å². The van der Waals surface area contributed by atoms with Gasteiger partial charge in [0.1, 0.15) is 6.61 Å². The molecule has 0 spiro atoms. The lowest BCUT2D eigenvalue weighted by Gasteiger charge is -2.18. The number of hydrogen-bond donors (Lipinski definition) is 3. The number of phosphoric ester groups is 1. The molecule has 9 nitrogen and oxygen atoms in total. The topological polar surface area (TPSA) is 140 Å². The summed E-state index contributed by atoms with van der Waals surface area (Å²) in [5.41, 5.74) is 0. The van der Waals surface area contributed by atoms with E-state index in [0.717, 1.165) is 64.2 Å². The predicted octanol–water partition coefficient (Wildman–Crippen LogP) is 11.0. The monoisotopic (exact) mass is 762 g/mol. The van der Waals surface area contributed by atoms with Crippen molar-refractivity contribution in [2.45, 2.75) is 161 Å². The summed E-state index contributed by atoms with van der Waals surface area (Å²) in [5.74, 6) is -1.02. The molecule has 0 aromatic heterocycles. The molecule has 2 atom stereocenters. The van der Waals surface area contributed by atoms with Crippen LogP contribution in [0, 0.1) is 0 Å². The SMILES string of the molecule is CC/C=C\CC(O)/C=C/C=C/C/C=C\C/C=C\C/C=C\CCC(=O)OC[C@H](COP(=O)(O)O)OC(=O)CCCCCCC/C=C\CCCCCCCC. The molecule has 0 aromatic carbocycles.